The zero-order valence-corrected chi connectivity index (χ0v) is 4.59. The highest BCUT2D eigenvalue weighted by Gasteiger charge is 2.48. The van der Waals surface area contributed by atoms with Gasteiger partial charge >= 0.3 is 0 Å². The third-order valence-corrected chi connectivity index (χ3v) is 2.14. The van der Waals surface area contributed by atoms with Crippen LogP contribution in [0.5, 0.6) is 0 Å². The van der Waals surface area contributed by atoms with Crippen LogP contribution < -0.4 is 5.32 Å². The van der Waals surface area contributed by atoms with Gasteiger partial charge in [0.1, 0.15) is 0 Å². The van der Waals surface area contributed by atoms with Crippen molar-refractivity contribution in [1.82, 2.24) is 5.32 Å². The molecule has 0 unspecified atom stereocenters. The molecule has 0 radical (unpaired) electrons. The molecule has 2 heteroatoms. The number of hydrogen-bond acceptors (Lipinski definition) is 2. The molecule has 1 aliphatic carbocycles. The van der Waals surface area contributed by atoms with Crippen LogP contribution in [0.25, 0.3) is 0 Å². The zero-order valence-electron chi connectivity index (χ0n) is 4.59. The van der Waals surface area contributed by atoms with Gasteiger partial charge in [0, 0.05) is 0 Å². The Morgan fingerprint density at radius 2 is 2.50 bits per heavy atom. The Morgan fingerprint density at radius 3 is 2.75 bits per heavy atom. The summed E-state index contributed by atoms with van der Waals surface area (Å²) in [5.74, 6) is 1.58. The normalized spacial score (nSPS) is 50.1. The van der Waals surface area contributed by atoms with Crippen LogP contribution in [-0.2, 0) is 0 Å². The lowest BCUT2D eigenvalue weighted by Gasteiger charge is -1.98. The Kier molecular flexibility index (Phi) is 0.671. The second-order valence-electron chi connectivity index (χ2n) is 2.67. The minimum atomic E-state index is 0.194. The number of hydrogen-bond donors (Lipinski definition) is 1. The molecule has 2 aliphatic rings. The topological polar surface area (TPSA) is 35.8 Å². The van der Waals surface area contributed by atoms with Crippen LogP contribution in [0.1, 0.15) is 6.42 Å². The largest absolute Gasteiger partial charge is 0.301 e. The average Bonchev–Trinajstić information content (AvgIpc) is 2.46. The summed E-state index contributed by atoms with van der Waals surface area (Å²) in [6.07, 6.45) is 1.30. The summed E-state index contributed by atoms with van der Waals surface area (Å²) in [5, 5.41) is 11.6. The quantitative estimate of drug-likeness (QED) is 0.478. The van der Waals surface area contributed by atoms with E-state index in [-0.39, 0.29) is 6.04 Å². The molecule has 2 fully saturated rings. The van der Waals surface area contributed by atoms with Crippen molar-refractivity contribution in [3.63, 3.8) is 0 Å². The maximum Gasteiger partial charge on any atom is 0.0984 e. The van der Waals surface area contributed by atoms with Gasteiger partial charge < -0.3 is 5.32 Å². The highest BCUT2D eigenvalue weighted by Crippen LogP contribution is 2.44. The molecule has 1 saturated carbocycles. The van der Waals surface area contributed by atoms with Gasteiger partial charge in [0.2, 0.25) is 0 Å². The van der Waals surface area contributed by atoms with Crippen LogP contribution >= 0.6 is 0 Å². The molecule has 0 aromatic heterocycles. The molecule has 2 nitrogen and oxygen atoms in total. The molecule has 3 atom stereocenters. The summed E-state index contributed by atoms with van der Waals surface area (Å²) in [4.78, 5) is 0. The van der Waals surface area contributed by atoms with E-state index in [0.29, 0.717) is 0 Å². The van der Waals surface area contributed by atoms with E-state index in [1.54, 1.807) is 0 Å². The van der Waals surface area contributed by atoms with E-state index >= 15 is 0 Å². The van der Waals surface area contributed by atoms with Crippen molar-refractivity contribution in [3.8, 4) is 6.07 Å². The summed E-state index contributed by atoms with van der Waals surface area (Å²) in [6.45, 7) is 1.09. The van der Waals surface area contributed by atoms with Crippen LogP contribution in [0.3, 0.4) is 0 Å². The second kappa shape index (κ2) is 1.24. The van der Waals surface area contributed by atoms with Gasteiger partial charge in [-0.15, -0.1) is 0 Å². The Hall–Kier alpha value is -0.550. The molecule has 1 saturated heterocycles. The van der Waals surface area contributed by atoms with Gasteiger partial charge in [0.25, 0.3) is 0 Å². The van der Waals surface area contributed by atoms with Crippen molar-refractivity contribution < 1.29 is 0 Å². The van der Waals surface area contributed by atoms with E-state index in [1.165, 1.54) is 6.42 Å². The predicted molar refractivity (Wildman–Crippen MR) is 29.0 cm³/mol. The summed E-state index contributed by atoms with van der Waals surface area (Å²) in [5.41, 5.74) is 0. The predicted octanol–water partition coefficient (Wildman–Crippen LogP) is 0.118. The zero-order chi connectivity index (χ0) is 5.56. The van der Waals surface area contributed by atoms with E-state index < -0.39 is 0 Å². The van der Waals surface area contributed by atoms with Gasteiger partial charge in [-0.2, -0.15) is 5.26 Å². The lowest BCUT2D eigenvalue weighted by molar-refractivity contribution is 0.640. The number of rotatable bonds is 0. The molecule has 8 heavy (non-hydrogen) atoms. The molecule has 42 valence electrons. The van der Waals surface area contributed by atoms with Gasteiger partial charge in [-0.25, -0.2) is 0 Å². The molecule has 0 aromatic carbocycles. The maximum absolute atomic E-state index is 8.45. The number of piperidine rings is 1. The number of nitrogens with zero attached hydrogens (tertiary/aromatic N) is 1. The van der Waals surface area contributed by atoms with Crippen LogP contribution in [0.15, 0.2) is 0 Å². The van der Waals surface area contributed by atoms with Crippen molar-refractivity contribution in [2.45, 2.75) is 12.5 Å². The standard InChI is InChI=1S/C6H8N2/c7-2-6-5-1-4(5)3-8-6/h4-6,8H,1,3H2/t4-,5+,6-/m0/s1. The second-order valence-corrected chi connectivity index (χ2v) is 2.67. The van der Waals surface area contributed by atoms with E-state index in [9.17, 15) is 0 Å². The van der Waals surface area contributed by atoms with Gasteiger partial charge in [-0.3, -0.25) is 0 Å². The van der Waals surface area contributed by atoms with Gasteiger partial charge in [-0.1, -0.05) is 0 Å². The fourth-order valence-electron chi connectivity index (χ4n) is 1.49. The summed E-state index contributed by atoms with van der Waals surface area (Å²) >= 11 is 0. The molecule has 0 bridgehead atoms. The minimum Gasteiger partial charge on any atom is -0.301 e. The first-order chi connectivity index (χ1) is 3.92. The molecule has 1 heterocycles. The highest BCUT2D eigenvalue weighted by atomic mass is 15.0. The van der Waals surface area contributed by atoms with Crippen LogP contribution in [0.2, 0.25) is 0 Å². The Bertz CT molecular complexity index is 147. The van der Waals surface area contributed by atoms with Crippen LogP contribution in [0, 0.1) is 23.2 Å². The lowest BCUT2D eigenvalue weighted by atomic mass is 10.2. The molecule has 0 amide bonds. The fraction of sp³-hybridized carbons (Fsp3) is 0.833. The lowest BCUT2D eigenvalue weighted by Crippen LogP contribution is -2.23. The fourth-order valence-corrected chi connectivity index (χ4v) is 1.49. The van der Waals surface area contributed by atoms with E-state index in [2.05, 4.69) is 11.4 Å². The Morgan fingerprint density at radius 1 is 1.62 bits per heavy atom. The summed E-state index contributed by atoms with van der Waals surface area (Å²) < 4.78 is 0. The highest BCUT2D eigenvalue weighted by molar-refractivity contribution is 5.11. The number of fused-ring (bicyclic) bond motifs is 1. The maximum atomic E-state index is 8.45. The SMILES string of the molecule is N#C[C@@H]1NC[C@@H]2C[C@H]21. The van der Waals surface area contributed by atoms with E-state index in [0.717, 1.165) is 18.4 Å². The van der Waals surface area contributed by atoms with Crippen LogP contribution in [0.4, 0.5) is 0 Å². The molecule has 2 rings (SSSR count). The number of nitriles is 1. The first kappa shape index (κ1) is 4.34. The van der Waals surface area contributed by atoms with E-state index in [4.69, 9.17) is 5.26 Å². The Balaban J connectivity index is 2.09. The van der Waals surface area contributed by atoms with E-state index in [1.807, 2.05) is 0 Å². The van der Waals surface area contributed by atoms with Crippen molar-refractivity contribution in [2.75, 3.05) is 6.54 Å². The van der Waals surface area contributed by atoms with Gasteiger partial charge in [0.05, 0.1) is 12.1 Å². The van der Waals surface area contributed by atoms with Crippen molar-refractivity contribution in [2.24, 2.45) is 11.8 Å². The molecule has 0 spiro atoms. The molecular weight excluding hydrogens is 100 g/mol. The van der Waals surface area contributed by atoms with Crippen molar-refractivity contribution in [3.05, 3.63) is 0 Å². The first-order valence-corrected chi connectivity index (χ1v) is 3.05. The molecule has 1 aliphatic heterocycles. The van der Waals surface area contributed by atoms with Crippen LogP contribution in [-0.4, -0.2) is 12.6 Å². The molecule has 0 aromatic rings. The molecular formula is C6H8N2. The average molecular weight is 108 g/mol. The monoisotopic (exact) mass is 108 g/mol. The summed E-state index contributed by atoms with van der Waals surface area (Å²) in [7, 11) is 0. The summed E-state index contributed by atoms with van der Waals surface area (Å²) in [6, 6.07) is 2.44. The Labute approximate surface area is 48.5 Å². The van der Waals surface area contributed by atoms with Crippen molar-refractivity contribution >= 4 is 0 Å². The van der Waals surface area contributed by atoms with Gasteiger partial charge in [0.15, 0.2) is 0 Å². The first-order valence-electron chi connectivity index (χ1n) is 3.05. The third-order valence-electron chi connectivity index (χ3n) is 2.14. The third kappa shape index (κ3) is 0.399. The van der Waals surface area contributed by atoms with Crippen molar-refractivity contribution in [1.29, 1.82) is 5.26 Å². The smallest absolute Gasteiger partial charge is 0.0984 e. The molecule has 1 N–H and O–H groups in total. The minimum absolute atomic E-state index is 0.194. The van der Waals surface area contributed by atoms with Gasteiger partial charge in [-0.05, 0) is 24.8 Å². The number of nitrogens with one attached hydrogen (secondary N) is 1.